The average Bonchev–Trinajstić information content (AvgIpc) is 3.53. The molecule has 2 amide bonds. The number of ether oxygens (including phenoxy) is 1. The van der Waals surface area contributed by atoms with Crippen molar-refractivity contribution in [3.63, 3.8) is 0 Å². The number of nitrogens with one attached hydrogen (secondary N) is 3. The van der Waals surface area contributed by atoms with Crippen LogP contribution in [0.2, 0.25) is 10.0 Å². The highest BCUT2D eigenvalue weighted by molar-refractivity contribution is 6.31. The van der Waals surface area contributed by atoms with Gasteiger partial charge in [0.15, 0.2) is 5.82 Å². The molecule has 0 aliphatic carbocycles. The van der Waals surface area contributed by atoms with Crippen molar-refractivity contribution >= 4 is 68.7 Å². The molecule has 268 valence electrons. The van der Waals surface area contributed by atoms with Crippen LogP contribution in [0.15, 0.2) is 104 Å². The monoisotopic (exact) mass is 736 g/mol. The number of benzene rings is 3. The summed E-state index contributed by atoms with van der Waals surface area (Å²) in [6.45, 7) is 9.77. The number of H-pyrrole nitrogens is 1. The van der Waals surface area contributed by atoms with Gasteiger partial charge < -0.3 is 30.2 Å². The largest absolute Gasteiger partial charge is 0.375 e. The van der Waals surface area contributed by atoms with E-state index >= 15 is 0 Å². The fourth-order valence-electron chi connectivity index (χ4n) is 6.83. The Morgan fingerprint density at radius 2 is 1.75 bits per heavy atom. The first-order valence-electron chi connectivity index (χ1n) is 17.2. The number of aromatic nitrogens is 2. The number of rotatable bonds is 12. The van der Waals surface area contributed by atoms with Crippen molar-refractivity contribution in [1.82, 2.24) is 20.2 Å². The lowest BCUT2D eigenvalue weighted by atomic mass is 9.95. The number of anilines is 2. The van der Waals surface area contributed by atoms with Crippen LogP contribution in [0.5, 0.6) is 0 Å². The maximum absolute atomic E-state index is 14.6. The van der Waals surface area contributed by atoms with Crippen LogP contribution in [-0.4, -0.2) is 59.5 Å². The molecule has 1 aliphatic rings. The number of nitrogens with zero attached hydrogens (tertiary/aromatic N) is 3. The molecular weight excluding hydrogens is 695 g/mol. The number of carbonyl (C=O) groups is 2. The molecule has 1 atom stereocenters. The molecule has 0 radical (unpaired) electrons. The van der Waals surface area contributed by atoms with Crippen LogP contribution in [0.4, 0.5) is 11.5 Å². The number of pyridine rings is 1. The number of hydrogen-bond donors (Lipinski definition) is 3. The van der Waals surface area contributed by atoms with E-state index < -0.39 is 0 Å². The lowest BCUT2D eigenvalue weighted by molar-refractivity contribution is -0.125. The van der Waals surface area contributed by atoms with Crippen molar-refractivity contribution in [2.45, 2.75) is 38.8 Å². The second kappa shape index (κ2) is 16.5. The lowest BCUT2D eigenvalue weighted by Gasteiger charge is -2.34. The van der Waals surface area contributed by atoms with Crippen molar-refractivity contribution in [2.24, 2.45) is 0 Å². The van der Waals surface area contributed by atoms with Gasteiger partial charge in [-0.25, -0.2) is 4.98 Å². The van der Waals surface area contributed by atoms with Crippen LogP contribution in [0.3, 0.4) is 0 Å². The summed E-state index contributed by atoms with van der Waals surface area (Å²) in [5.74, 6) is 0.203. The Morgan fingerprint density at radius 3 is 2.44 bits per heavy atom. The minimum Gasteiger partial charge on any atom is -0.375 e. The Labute approximate surface area is 314 Å². The van der Waals surface area contributed by atoms with Gasteiger partial charge in [0.25, 0.3) is 5.91 Å². The molecule has 3 N–H and O–H groups in total. The van der Waals surface area contributed by atoms with E-state index in [0.717, 1.165) is 46.1 Å². The van der Waals surface area contributed by atoms with Gasteiger partial charge in [0, 0.05) is 58.9 Å². The molecule has 9 nitrogen and oxygen atoms in total. The van der Waals surface area contributed by atoms with Gasteiger partial charge in [-0.15, -0.1) is 0 Å². The summed E-state index contributed by atoms with van der Waals surface area (Å²) in [7, 11) is 1.51. The molecule has 3 heterocycles. The predicted octanol–water partition coefficient (Wildman–Crippen LogP) is 8.95. The summed E-state index contributed by atoms with van der Waals surface area (Å²) in [5, 5.41) is 8.24. The Kier molecular flexibility index (Phi) is 11.6. The summed E-state index contributed by atoms with van der Waals surface area (Å²) < 4.78 is 4.97. The van der Waals surface area contributed by atoms with Gasteiger partial charge in [-0.2, -0.15) is 0 Å². The van der Waals surface area contributed by atoms with Crippen molar-refractivity contribution < 1.29 is 14.3 Å². The number of piperidine rings is 1. The van der Waals surface area contributed by atoms with Gasteiger partial charge >= 0.3 is 0 Å². The van der Waals surface area contributed by atoms with Crippen LogP contribution in [0, 0.1) is 0 Å². The normalized spacial score (nSPS) is 14.4. The lowest BCUT2D eigenvalue weighted by Crippen LogP contribution is -2.46. The maximum Gasteiger partial charge on any atom is 0.272 e. The first kappa shape index (κ1) is 36.7. The van der Waals surface area contributed by atoms with E-state index in [4.69, 9.17) is 27.9 Å². The number of amides is 2. The van der Waals surface area contributed by atoms with E-state index in [1.165, 1.54) is 7.11 Å². The summed E-state index contributed by atoms with van der Waals surface area (Å²) in [4.78, 5) is 39.1. The van der Waals surface area contributed by atoms with Crippen LogP contribution >= 0.6 is 23.2 Å². The zero-order valence-corrected chi connectivity index (χ0v) is 31.0. The molecule has 52 heavy (non-hydrogen) atoms. The molecule has 3 aromatic carbocycles. The Morgan fingerprint density at radius 1 is 1.04 bits per heavy atom. The van der Waals surface area contributed by atoms with E-state index in [1.54, 1.807) is 18.5 Å². The number of halogens is 2. The quantitative estimate of drug-likeness (QED) is 0.118. The van der Waals surface area contributed by atoms with Crippen LogP contribution < -0.4 is 15.5 Å². The van der Waals surface area contributed by atoms with E-state index in [0.29, 0.717) is 45.9 Å². The Bertz CT molecular complexity index is 2090. The first-order valence-corrected chi connectivity index (χ1v) is 18.0. The van der Waals surface area contributed by atoms with E-state index in [2.05, 4.69) is 63.0 Å². The van der Waals surface area contributed by atoms with Crippen molar-refractivity contribution in [3.05, 3.63) is 136 Å². The highest BCUT2D eigenvalue weighted by Crippen LogP contribution is 2.41. The molecule has 1 unspecified atom stereocenters. The maximum atomic E-state index is 14.6. The SMILES string of the molecule is C=CN(/C(=C(\C)c1ccccc1)c1c(C(=O)Nc2cccnc2N2CCC(NC(=O)COC)CC2)[nH]c2cc(Cl)ccc12)C(C)c1ccc(Cl)cc1. The van der Waals surface area contributed by atoms with Crippen molar-refractivity contribution in [3.8, 4) is 0 Å². The van der Waals surface area contributed by atoms with Gasteiger partial charge in [-0.1, -0.05) is 78.3 Å². The van der Waals surface area contributed by atoms with Gasteiger partial charge in [0.1, 0.15) is 12.3 Å². The van der Waals surface area contributed by atoms with E-state index in [9.17, 15) is 9.59 Å². The summed E-state index contributed by atoms with van der Waals surface area (Å²) in [6, 6.07) is 27.0. The fourth-order valence-corrected chi connectivity index (χ4v) is 7.13. The molecule has 5 aromatic rings. The summed E-state index contributed by atoms with van der Waals surface area (Å²) >= 11 is 12.8. The molecule has 2 aromatic heterocycles. The molecular formula is C41H42Cl2N6O3. The topological polar surface area (TPSA) is 103 Å². The van der Waals surface area contributed by atoms with Crippen LogP contribution in [-0.2, 0) is 9.53 Å². The highest BCUT2D eigenvalue weighted by Gasteiger charge is 2.30. The van der Waals surface area contributed by atoms with Crippen molar-refractivity contribution in [2.75, 3.05) is 37.0 Å². The third kappa shape index (κ3) is 8.02. The number of aromatic amines is 1. The number of carbonyl (C=O) groups excluding carboxylic acids is 2. The van der Waals surface area contributed by atoms with Gasteiger partial charge in [-0.3, -0.25) is 9.59 Å². The smallest absolute Gasteiger partial charge is 0.272 e. The Hall–Kier alpha value is -5.09. The molecule has 1 saturated heterocycles. The van der Waals surface area contributed by atoms with Gasteiger partial charge in [0.2, 0.25) is 5.91 Å². The molecule has 1 fully saturated rings. The molecule has 0 spiro atoms. The second-order valence-electron chi connectivity index (χ2n) is 12.8. The average molecular weight is 738 g/mol. The number of hydrogen-bond acceptors (Lipinski definition) is 6. The first-order chi connectivity index (χ1) is 25.2. The standard InChI is InChI=1S/C41H42Cl2N6O3/c1-5-49(27(3)29-13-15-30(42)16-14-29)39(26(2)28-10-7-6-8-11-28)37-33-18-17-31(43)24-35(33)46-38(37)41(51)47-34-12-9-21-44-40(34)48-22-19-32(20-23-48)45-36(50)25-52-4/h5-18,21,24,27,32,46H,1,19-20,22-23,25H2,2-4H3,(H,45,50)(H,47,51)/b39-26+. The third-order valence-electron chi connectivity index (χ3n) is 9.48. The van der Waals surface area contributed by atoms with Gasteiger partial charge in [0.05, 0.1) is 17.4 Å². The van der Waals surface area contributed by atoms with Crippen molar-refractivity contribution in [1.29, 1.82) is 0 Å². The molecule has 0 saturated carbocycles. The highest BCUT2D eigenvalue weighted by atomic mass is 35.5. The van der Waals surface area contributed by atoms with Crippen LogP contribution in [0.25, 0.3) is 22.2 Å². The van der Waals surface area contributed by atoms with Gasteiger partial charge in [-0.05, 0) is 86.0 Å². The zero-order valence-electron chi connectivity index (χ0n) is 29.5. The van der Waals surface area contributed by atoms with Crippen LogP contribution in [0.1, 0.15) is 59.9 Å². The number of allylic oxidation sites excluding steroid dienone is 1. The fraction of sp³-hybridized carbons (Fsp3) is 0.244. The summed E-state index contributed by atoms with van der Waals surface area (Å²) in [6.07, 6.45) is 5.00. The minimum absolute atomic E-state index is 0.0327. The molecule has 6 rings (SSSR count). The zero-order chi connectivity index (χ0) is 36.8. The number of methoxy groups -OCH3 is 1. The summed E-state index contributed by atoms with van der Waals surface area (Å²) in [5.41, 5.74) is 6.17. The number of fused-ring (bicyclic) bond motifs is 1. The molecule has 0 bridgehead atoms. The van der Waals surface area contributed by atoms with E-state index in [-0.39, 0.29) is 30.5 Å². The predicted molar refractivity (Wildman–Crippen MR) is 212 cm³/mol. The van der Waals surface area contributed by atoms with E-state index in [1.807, 2.05) is 66.7 Å². The third-order valence-corrected chi connectivity index (χ3v) is 9.97. The molecule has 11 heteroatoms. The minimum atomic E-state index is -0.334. The Balaban J connectivity index is 1.42. The molecule has 1 aliphatic heterocycles. The second-order valence-corrected chi connectivity index (χ2v) is 13.7.